The van der Waals surface area contributed by atoms with E-state index in [2.05, 4.69) is 0 Å². The standard InChI is InChI=1S/C14H19ClN2O3S/c1-2-3-4-7-17(8-9-18)21(19,20)14-6-5-13(15)10-12(14)11-16/h5-6,10,18H,2-4,7-9H2,1H3. The van der Waals surface area contributed by atoms with Crippen LogP contribution in [0.2, 0.25) is 5.02 Å². The minimum absolute atomic E-state index is 0.0134. The van der Waals surface area contributed by atoms with E-state index >= 15 is 0 Å². The van der Waals surface area contributed by atoms with Crippen LogP contribution in [-0.2, 0) is 10.0 Å². The Morgan fingerprint density at radius 3 is 2.62 bits per heavy atom. The van der Waals surface area contributed by atoms with Crippen molar-refractivity contribution in [2.24, 2.45) is 0 Å². The third kappa shape index (κ3) is 4.68. The van der Waals surface area contributed by atoms with E-state index in [4.69, 9.17) is 22.0 Å². The molecule has 0 saturated heterocycles. The molecule has 0 spiro atoms. The first-order valence-electron chi connectivity index (χ1n) is 6.78. The number of aliphatic hydroxyl groups excluding tert-OH is 1. The fourth-order valence-electron chi connectivity index (χ4n) is 1.96. The first-order valence-corrected chi connectivity index (χ1v) is 8.59. The van der Waals surface area contributed by atoms with Crippen LogP contribution in [0.1, 0.15) is 31.7 Å². The van der Waals surface area contributed by atoms with E-state index in [1.54, 1.807) is 0 Å². The van der Waals surface area contributed by atoms with Gasteiger partial charge in [0.15, 0.2) is 0 Å². The van der Waals surface area contributed by atoms with E-state index in [-0.39, 0.29) is 23.6 Å². The molecule has 0 radical (unpaired) electrons. The highest BCUT2D eigenvalue weighted by Crippen LogP contribution is 2.23. The number of nitrogens with zero attached hydrogens (tertiary/aromatic N) is 2. The average Bonchev–Trinajstić information content (AvgIpc) is 2.46. The lowest BCUT2D eigenvalue weighted by atomic mass is 10.2. The molecule has 0 aliphatic rings. The van der Waals surface area contributed by atoms with Crippen molar-refractivity contribution in [2.75, 3.05) is 19.7 Å². The van der Waals surface area contributed by atoms with Gasteiger partial charge in [-0.1, -0.05) is 31.4 Å². The number of unbranched alkanes of at least 4 members (excludes halogenated alkanes) is 2. The van der Waals surface area contributed by atoms with Crippen LogP contribution in [0.25, 0.3) is 0 Å². The molecule has 0 unspecified atom stereocenters. The van der Waals surface area contributed by atoms with Gasteiger partial charge in [-0.05, 0) is 24.6 Å². The van der Waals surface area contributed by atoms with Gasteiger partial charge in [0.1, 0.15) is 11.0 Å². The summed E-state index contributed by atoms with van der Waals surface area (Å²) in [6.45, 7) is 2.10. The second-order valence-corrected chi connectivity index (χ2v) is 6.93. The van der Waals surface area contributed by atoms with Crippen LogP contribution in [-0.4, -0.2) is 37.5 Å². The molecule has 21 heavy (non-hydrogen) atoms. The first kappa shape index (κ1) is 17.9. The van der Waals surface area contributed by atoms with Gasteiger partial charge in [0, 0.05) is 18.1 Å². The molecule has 0 amide bonds. The fourth-order valence-corrected chi connectivity index (χ4v) is 3.72. The van der Waals surface area contributed by atoms with Crippen molar-refractivity contribution in [2.45, 2.75) is 31.1 Å². The monoisotopic (exact) mass is 330 g/mol. The number of hydrogen-bond donors (Lipinski definition) is 1. The van der Waals surface area contributed by atoms with Crippen molar-refractivity contribution in [1.82, 2.24) is 4.31 Å². The Bertz CT molecular complexity index is 611. The Morgan fingerprint density at radius 1 is 1.33 bits per heavy atom. The number of rotatable bonds is 8. The summed E-state index contributed by atoms with van der Waals surface area (Å²) in [4.78, 5) is -0.0700. The van der Waals surface area contributed by atoms with Crippen LogP contribution >= 0.6 is 11.6 Å². The van der Waals surface area contributed by atoms with Crippen molar-refractivity contribution in [3.63, 3.8) is 0 Å². The van der Waals surface area contributed by atoms with Gasteiger partial charge in [0.2, 0.25) is 10.0 Å². The van der Waals surface area contributed by atoms with Crippen molar-refractivity contribution < 1.29 is 13.5 Å². The number of nitriles is 1. The van der Waals surface area contributed by atoms with E-state index in [0.717, 1.165) is 12.8 Å². The second kappa shape index (κ2) is 8.35. The molecule has 5 nitrogen and oxygen atoms in total. The lowest BCUT2D eigenvalue weighted by Crippen LogP contribution is -2.35. The third-order valence-corrected chi connectivity index (χ3v) is 5.23. The van der Waals surface area contributed by atoms with E-state index in [0.29, 0.717) is 18.0 Å². The zero-order valence-corrected chi connectivity index (χ0v) is 13.5. The third-order valence-electron chi connectivity index (χ3n) is 3.04. The number of hydrogen-bond acceptors (Lipinski definition) is 4. The number of aliphatic hydroxyl groups is 1. The maximum Gasteiger partial charge on any atom is 0.244 e. The Balaban J connectivity index is 3.14. The number of benzene rings is 1. The van der Waals surface area contributed by atoms with Crippen molar-refractivity contribution in [1.29, 1.82) is 5.26 Å². The summed E-state index contributed by atoms with van der Waals surface area (Å²) in [5.41, 5.74) is 0.0148. The zero-order chi connectivity index (χ0) is 15.9. The Kier molecular flexibility index (Phi) is 7.12. The van der Waals surface area contributed by atoms with Gasteiger partial charge in [0.05, 0.1) is 12.2 Å². The lowest BCUT2D eigenvalue weighted by Gasteiger charge is -2.21. The van der Waals surface area contributed by atoms with Crippen LogP contribution in [0, 0.1) is 11.3 Å². The van der Waals surface area contributed by atoms with E-state index in [1.807, 2.05) is 13.0 Å². The van der Waals surface area contributed by atoms with E-state index < -0.39 is 10.0 Å². The van der Waals surface area contributed by atoms with Gasteiger partial charge in [0.25, 0.3) is 0 Å². The molecule has 0 aliphatic carbocycles. The van der Waals surface area contributed by atoms with Gasteiger partial charge < -0.3 is 5.11 Å². The van der Waals surface area contributed by atoms with Crippen LogP contribution in [0.4, 0.5) is 0 Å². The predicted octanol–water partition coefficient (Wildman–Crippen LogP) is 2.38. The molecule has 0 aromatic heterocycles. The predicted molar refractivity (Wildman–Crippen MR) is 81.5 cm³/mol. The Morgan fingerprint density at radius 2 is 2.05 bits per heavy atom. The highest BCUT2D eigenvalue weighted by Gasteiger charge is 2.26. The molecule has 0 bridgehead atoms. The number of sulfonamides is 1. The van der Waals surface area contributed by atoms with Gasteiger partial charge >= 0.3 is 0 Å². The highest BCUT2D eigenvalue weighted by atomic mass is 35.5. The van der Waals surface area contributed by atoms with Crippen molar-refractivity contribution in [3.05, 3.63) is 28.8 Å². The number of halogens is 1. The largest absolute Gasteiger partial charge is 0.395 e. The van der Waals surface area contributed by atoms with E-state index in [9.17, 15) is 8.42 Å². The molecular formula is C14H19ClN2O3S. The summed E-state index contributed by atoms with van der Waals surface area (Å²) in [6.07, 6.45) is 2.59. The molecule has 7 heteroatoms. The minimum Gasteiger partial charge on any atom is -0.395 e. The van der Waals surface area contributed by atoms with Gasteiger partial charge in [-0.3, -0.25) is 0 Å². The molecule has 116 valence electrons. The maximum atomic E-state index is 12.6. The summed E-state index contributed by atoms with van der Waals surface area (Å²) >= 11 is 5.79. The van der Waals surface area contributed by atoms with Gasteiger partial charge in [-0.2, -0.15) is 9.57 Å². The molecule has 1 N–H and O–H groups in total. The summed E-state index contributed by atoms with van der Waals surface area (Å²) < 4.78 is 26.5. The maximum absolute atomic E-state index is 12.6. The van der Waals surface area contributed by atoms with Gasteiger partial charge in [-0.25, -0.2) is 8.42 Å². The molecule has 1 rings (SSSR count). The van der Waals surface area contributed by atoms with E-state index in [1.165, 1.54) is 22.5 Å². The van der Waals surface area contributed by atoms with Crippen LogP contribution in [0.15, 0.2) is 23.1 Å². The Labute approximate surface area is 130 Å². The molecule has 1 aromatic carbocycles. The topological polar surface area (TPSA) is 81.4 Å². The van der Waals surface area contributed by atoms with Crippen LogP contribution in [0.3, 0.4) is 0 Å². The summed E-state index contributed by atoms with van der Waals surface area (Å²) in [6, 6.07) is 5.96. The molecule has 0 aliphatic heterocycles. The zero-order valence-electron chi connectivity index (χ0n) is 11.9. The summed E-state index contributed by atoms with van der Waals surface area (Å²) in [5.74, 6) is 0. The SMILES string of the molecule is CCCCCN(CCO)S(=O)(=O)c1ccc(Cl)cc1C#N. The first-order chi connectivity index (χ1) is 9.97. The average molecular weight is 331 g/mol. The quantitative estimate of drug-likeness (QED) is 0.742. The van der Waals surface area contributed by atoms with Crippen LogP contribution < -0.4 is 0 Å². The fraction of sp³-hybridized carbons (Fsp3) is 0.500. The lowest BCUT2D eigenvalue weighted by molar-refractivity contribution is 0.252. The second-order valence-electron chi connectivity index (χ2n) is 4.59. The summed E-state index contributed by atoms with van der Waals surface area (Å²) in [5, 5.41) is 18.5. The highest BCUT2D eigenvalue weighted by molar-refractivity contribution is 7.89. The van der Waals surface area contributed by atoms with Gasteiger partial charge in [-0.15, -0.1) is 0 Å². The minimum atomic E-state index is -3.81. The molecule has 1 aromatic rings. The molecular weight excluding hydrogens is 312 g/mol. The molecule has 0 atom stereocenters. The molecule has 0 heterocycles. The smallest absolute Gasteiger partial charge is 0.244 e. The normalized spacial score (nSPS) is 11.6. The summed E-state index contributed by atoms with van der Waals surface area (Å²) in [7, 11) is -3.81. The van der Waals surface area contributed by atoms with Crippen molar-refractivity contribution >= 4 is 21.6 Å². The van der Waals surface area contributed by atoms with Crippen molar-refractivity contribution in [3.8, 4) is 6.07 Å². The van der Waals surface area contributed by atoms with Crippen LogP contribution in [0.5, 0.6) is 0 Å². The molecule has 0 saturated carbocycles. The molecule has 0 fully saturated rings. The Hall–Kier alpha value is -1.13.